The van der Waals surface area contributed by atoms with E-state index in [0.717, 1.165) is 18.4 Å². The number of aryl methyl sites for hydroxylation is 1. The van der Waals surface area contributed by atoms with Crippen molar-refractivity contribution in [3.63, 3.8) is 0 Å². The highest BCUT2D eigenvalue weighted by Crippen LogP contribution is 2.54. The fourth-order valence-corrected chi connectivity index (χ4v) is 2.43. The van der Waals surface area contributed by atoms with Crippen LogP contribution >= 0.6 is 0 Å². The Morgan fingerprint density at radius 2 is 2.12 bits per heavy atom. The van der Waals surface area contributed by atoms with Crippen molar-refractivity contribution in [3.8, 4) is 5.75 Å². The van der Waals surface area contributed by atoms with Crippen LogP contribution in [-0.4, -0.2) is 29.4 Å². The first kappa shape index (κ1) is 11.9. The summed E-state index contributed by atoms with van der Waals surface area (Å²) in [6, 6.07) is 5.33. The molecule has 0 spiro atoms. The monoisotopic (exact) mass is 236 g/mol. The predicted molar refractivity (Wildman–Crippen MR) is 62.2 cm³/mol. The van der Waals surface area contributed by atoms with Crippen LogP contribution in [0.1, 0.15) is 24.0 Å². The molecule has 0 amide bonds. The molecule has 0 aliphatic heterocycles. The smallest absolute Gasteiger partial charge is 0.333 e. The minimum Gasteiger partial charge on any atom is -0.508 e. The van der Waals surface area contributed by atoms with Crippen molar-refractivity contribution in [1.82, 2.24) is 0 Å². The number of hydrogen-bond acceptors (Lipinski definition) is 3. The van der Waals surface area contributed by atoms with E-state index in [9.17, 15) is 9.90 Å². The molecule has 1 aromatic rings. The molecule has 0 heterocycles. The zero-order chi connectivity index (χ0) is 12.6. The van der Waals surface area contributed by atoms with Crippen molar-refractivity contribution >= 4 is 5.97 Å². The second-order valence-electron chi connectivity index (χ2n) is 4.63. The summed E-state index contributed by atoms with van der Waals surface area (Å²) in [4.78, 5) is 11.2. The normalized spacial score (nSPS) is 18.7. The Hall–Kier alpha value is -1.55. The Labute approximate surface area is 99.8 Å². The van der Waals surface area contributed by atoms with Crippen LogP contribution in [0.5, 0.6) is 5.75 Å². The molecule has 0 bridgehead atoms. The Kier molecular flexibility index (Phi) is 2.83. The average molecular weight is 236 g/mol. The van der Waals surface area contributed by atoms with Gasteiger partial charge in [-0.15, -0.1) is 0 Å². The summed E-state index contributed by atoms with van der Waals surface area (Å²) in [5.41, 5.74) is 1.07. The molecule has 0 aromatic heterocycles. The molecule has 4 nitrogen and oxygen atoms in total. The van der Waals surface area contributed by atoms with E-state index in [-0.39, 0.29) is 5.75 Å². The Balaban J connectivity index is 2.41. The van der Waals surface area contributed by atoms with E-state index < -0.39 is 17.5 Å². The van der Waals surface area contributed by atoms with Gasteiger partial charge in [0.15, 0.2) is 6.10 Å². The highest BCUT2D eigenvalue weighted by molar-refractivity contribution is 5.76. The van der Waals surface area contributed by atoms with Crippen LogP contribution in [-0.2, 0) is 14.9 Å². The summed E-state index contributed by atoms with van der Waals surface area (Å²) in [5.74, 6) is -0.823. The molecular weight excluding hydrogens is 220 g/mol. The van der Waals surface area contributed by atoms with Crippen LogP contribution in [0.15, 0.2) is 18.2 Å². The van der Waals surface area contributed by atoms with Gasteiger partial charge < -0.3 is 14.9 Å². The van der Waals surface area contributed by atoms with Crippen molar-refractivity contribution in [2.45, 2.75) is 31.3 Å². The van der Waals surface area contributed by atoms with E-state index in [0.29, 0.717) is 5.56 Å². The number of phenolic OH excluding ortho intramolecular Hbond substituents is 1. The summed E-state index contributed by atoms with van der Waals surface area (Å²) in [6.45, 7) is 1.88. The highest BCUT2D eigenvalue weighted by Gasteiger charge is 2.55. The molecule has 1 aliphatic rings. The molecule has 1 aliphatic carbocycles. The Bertz CT molecular complexity index is 449. The Morgan fingerprint density at radius 1 is 1.47 bits per heavy atom. The zero-order valence-corrected chi connectivity index (χ0v) is 9.93. The number of ether oxygens (including phenoxy) is 1. The van der Waals surface area contributed by atoms with E-state index >= 15 is 0 Å². The van der Waals surface area contributed by atoms with Gasteiger partial charge in [-0.3, -0.25) is 0 Å². The van der Waals surface area contributed by atoms with E-state index in [2.05, 4.69) is 0 Å². The quantitative estimate of drug-likeness (QED) is 0.837. The number of carboxylic acid groups (broad SMARTS) is 1. The number of aliphatic carboxylic acids is 1. The van der Waals surface area contributed by atoms with Crippen LogP contribution in [0.3, 0.4) is 0 Å². The summed E-state index contributed by atoms with van der Waals surface area (Å²) in [6.07, 6.45) is 0.569. The molecule has 4 heteroatoms. The van der Waals surface area contributed by atoms with Gasteiger partial charge in [0.2, 0.25) is 0 Å². The van der Waals surface area contributed by atoms with Crippen molar-refractivity contribution < 1.29 is 19.7 Å². The maximum absolute atomic E-state index is 11.2. The first-order chi connectivity index (χ1) is 8.01. The molecule has 0 radical (unpaired) electrons. The molecule has 17 heavy (non-hydrogen) atoms. The molecule has 0 saturated heterocycles. The third-order valence-corrected chi connectivity index (χ3v) is 3.44. The van der Waals surface area contributed by atoms with E-state index in [4.69, 9.17) is 9.84 Å². The van der Waals surface area contributed by atoms with Crippen molar-refractivity contribution in [2.24, 2.45) is 0 Å². The van der Waals surface area contributed by atoms with Gasteiger partial charge in [0.25, 0.3) is 0 Å². The van der Waals surface area contributed by atoms with E-state index in [1.165, 1.54) is 7.11 Å². The molecule has 92 valence electrons. The summed E-state index contributed by atoms with van der Waals surface area (Å²) < 4.78 is 5.07. The lowest BCUT2D eigenvalue weighted by Crippen LogP contribution is -2.35. The van der Waals surface area contributed by atoms with Gasteiger partial charge in [0.05, 0.1) is 0 Å². The number of aromatic hydroxyl groups is 1. The lowest BCUT2D eigenvalue weighted by Gasteiger charge is -2.23. The van der Waals surface area contributed by atoms with Crippen LogP contribution in [0.2, 0.25) is 0 Å². The van der Waals surface area contributed by atoms with Crippen LogP contribution in [0.25, 0.3) is 0 Å². The van der Waals surface area contributed by atoms with Gasteiger partial charge in [0, 0.05) is 18.1 Å². The number of methoxy groups -OCH3 is 1. The molecule has 2 rings (SSSR count). The molecular formula is C13H16O4. The lowest BCUT2D eigenvalue weighted by atomic mass is 9.88. The SMILES string of the molecule is COC(C(=O)O)C1(c2ccc(C)cc2O)CC1. The lowest BCUT2D eigenvalue weighted by molar-refractivity contribution is -0.150. The third-order valence-electron chi connectivity index (χ3n) is 3.44. The summed E-state index contributed by atoms with van der Waals surface area (Å²) in [7, 11) is 1.39. The summed E-state index contributed by atoms with van der Waals surface area (Å²) >= 11 is 0. The van der Waals surface area contributed by atoms with Gasteiger partial charge in [-0.2, -0.15) is 0 Å². The highest BCUT2D eigenvalue weighted by atomic mass is 16.5. The van der Waals surface area contributed by atoms with E-state index in [1.807, 2.05) is 13.0 Å². The number of phenols is 1. The summed E-state index contributed by atoms with van der Waals surface area (Å²) in [5, 5.41) is 19.1. The molecule has 2 N–H and O–H groups in total. The van der Waals surface area contributed by atoms with Gasteiger partial charge in [-0.05, 0) is 31.4 Å². The molecule has 1 atom stereocenters. The topological polar surface area (TPSA) is 66.8 Å². The van der Waals surface area contributed by atoms with Crippen molar-refractivity contribution in [2.75, 3.05) is 7.11 Å². The zero-order valence-electron chi connectivity index (χ0n) is 9.93. The number of carbonyl (C=O) groups is 1. The standard InChI is InChI=1S/C13H16O4/c1-8-3-4-9(10(14)7-8)13(5-6-13)11(17-2)12(15)16/h3-4,7,11,14H,5-6H2,1-2H3,(H,15,16). The number of benzene rings is 1. The number of rotatable bonds is 4. The first-order valence-corrected chi connectivity index (χ1v) is 5.57. The van der Waals surface area contributed by atoms with Gasteiger partial charge >= 0.3 is 5.97 Å². The molecule has 1 saturated carbocycles. The Morgan fingerprint density at radius 3 is 2.53 bits per heavy atom. The predicted octanol–water partition coefficient (Wildman–Crippen LogP) is 1.83. The first-order valence-electron chi connectivity index (χ1n) is 5.57. The number of carboxylic acids is 1. The third kappa shape index (κ3) is 1.89. The minimum absolute atomic E-state index is 0.158. The van der Waals surface area contributed by atoms with Crippen molar-refractivity contribution in [3.05, 3.63) is 29.3 Å². The second-order valence-corrected chi connectivity index (χ2v) is 4.63. The molecule has 1 unspecified atom stereocenters. The minimum atomic E-state index is -0.982. The average Bonchev–Trinajstić information content (AvgIpc) is 2.99. The fraction of sp³-hybridized carbons (Fsp3) is 0.462. The molecule has 1 fully saturated rings. The number of hydrogen-bond donors (Lipinski definition) is 2. The van der Waals surface area contributed by atoms with Crippen molar-refractivity contribution in [1.29, 1.82) is 0 Å². The largest absolute Gasteiger partial charge is 0.508 e. The fourth-order valence-electron chi connectivity index (χ4n) is 2.43. The van der Waals surface area contributed by atoms with Crippen LogP contribution in [0, 0.1) is 6.92 Å². The van der Waals surface area contributed by atoms with Gasteiger partial charge in [-0.25, -0.2) is 4.79 Å². The van der Waals surface area contributed by atoms with Gasteiger partial charge in [-0.1, -0.05) is 12.1 Å². The van der Waals surface area contributed by atoms with E-state index in [1.54, 1.807) is 12.1 Å². The van der Waals surface area contributed by atoms with Gasteiger partial charge in [0.1, 0.15) is 5.75 Å². The van der Waals surface area contributed by atoms with Crippen LogP contribution < -0.4 is 0 Å². The maximum Gasteiger partial charge on any atom is 0.333 e. The molecule has 1 aromatic carbocycles. The maximum atomic E-state index is 11.2. The second kappa shape index (κ2) is 4.04. The van der Waals surface area contributed by atoms with Crippen LogP contribution in [0.4, 0.5) is 0 Å².